The van der Waals surface area contributed by atoms with Crippen LogP contribution in [0.1, 0.15) is 6.92 Å². The Bertz CT molecular complexity index is 523. The molecule has 1 heterocycles. The monoisotopic (exact) mass is 306 g/mol. The van der Waals surface area contributed by atoms with E-state index in [0.29, 0.717) is 6.92 Å². The number of carbonyl (C=O) groups is 2. The molecule has 1 rings (SSSR count). The van der Waals surface area contributed by atoms with E-state index in [-0.39, 0.29) is 5.95 Å². The molecule has 1 atom stereocenters. The van der Waals surface area contributed by atoms with Crippen molar-refractivity contribution in [1.82, 2.24) is 15.3 Å². The summed E-state index contributed by atoms with van der Waals surface area (Å²) in [6.07, 6.45) is -2.34. The average molecular weight is 306 g/mol. The van der Waals surface area contributed by atoms with Crippen molar-refractivity contribution in [2.24, 2.45) is 0 Å². The van der Waals surface area contributed by atoms with Crippen molar-refractivity contribution >= 4 is 17.8 Å². The highest BCUT2D eigenvalue weighted by molar-refractivity contribution is 5.89. The Labute approximate surface area is 117 Å². The second-order valence-electron chi connectivity index (χ2n) is 4.38. The fourth-order valence-corrected chi connectivity index (χ4v) is 1.34. The number of alkyl halides is 3. The summed E-state index contributed by atoms with van der Waals surface area (Å²) in [5.41, 5.74) is -3.36. The fourth-order valence-electron chi connectivity index (χ4n) is 1.34. The van der Waals surface area contributed by atoms with Crippen LogP contribution >= 0.6 is 0 Å². The van der Waals surface area contributed by atoms with Crippen molar-refractivity contribution < 1.29 is 27.9 Å². The SMILES string of the molecule is CN(CC(=O)NC(C)(C(=O)O)C(F)(F)F)c1ncccn1. The van der Waals surface area contributed by atoms with Crippen LogP contribution in [0.3, 0.4) is 0 Å². The van der Waals surface area contributed by atoms with E-state index < -0.39 is 30.1 Å². The summed E-state index contributed by atoms with van der Waals surface area (Å²) in [5.74, 6) is -3.19. The predicted octanol–water partition coefficient (Wildman–Crippen LogP) is 0.435. The first-order chi connectivity index (χ1) is 9.58. The molecule has 0 saturated carbocycles. The molecule has 0 spiro atoms. The van der Waals surface area contributed by atoms with Gasteiger partial charge in [-0.15, -0.1) is 0 Å². The van der Waals surface area contributed by atoms with E-state index in [1.165, 1.54) is 35.7 Å². The van der Waals surface area contributed by atoms with Crippen LogP contribution in [0, 0.1) is 0 Å². The lowest BCUT2D eigenvalue weighted by Gasteiger charge is -2.29. The number of carboxylic acid groups (broad SMARTS) is 1. The number of anilines is 1. The molecule has 0 aliphatic rings. The van der Waals surface area contributed by atoms with E-state index in [9.17, 15) is 22.8 Å². The van der Waals surface area contributed by atoms with Gasteiger partial charge < -0.3 is 15.3 Å². The molecule has 10 heteroatoms. The molecule has 116 valence electrons. The zero-order chi connectivity index (χ0) is 16.3. The fraction of sp³-hybridized carbons (Fsp3) is 0.455. The molecule has 1 amide bonds. The van der Waals surface area contributed by atoms with E-state index in [1.807, 2.05) is 0 Å². The van der Waals surface area contributed by atoms with Crippen LogP contribution in [0.5, 0.6) is 0 Å². The summed E-state index contributed by atoms with van der Waals surface area (Å²) < 4.78 is 38.2. The van der Waals surface area contributed by atoms with Gasteiger partial charge in [-0.25, -0.2) is 14.8 Å². The molecule has 2 N–H and O–H groups in total. The first kappa shape index (κ1) is 16.7. The number of amides is 1. The minimum atomic E-state index is -5.13. The zero-order valence-electron chi connectivity index (χ0n) is 11.2. The third kappa shape index (κ3) is 3.80. The molecular formula is C11H13F3N4O3. The largest absolute Gasteiger partial charge is 0.479 e. The molecule has 0 aliphatic heterocycles. The molecule has 0 saturated heterocycles. The number of aliphatic carboxylic acids is 1. The molecule has 0 bridgehead atoms. The molecule has 21 heavy (non-hydrogen) atoms. The van der Waals surface area contributed by atoms with Gasteiger partial charge in [0.15, 0.2) is 0 Å². The van der Waals surface area contributed by atoms with Crippen molar-refractivity contribution in [1.29, 1.82) is 0 Å². The van der Waals surface area contributed by atoms with Crippen molar-refractivity contribution in [2.75, 3.05) is 18.5 Å². The normalized spacial score (nSPS) is 14.1. The highest BCUT2D eigenvalue weighted by atomic mass is 19.4. The Hall–Kier alpha value is -2.39. The maximum absolute atomic E-state index is 12.7. The summed E-state index contributed by atoms with van der Waals surface area (Å²) in [6.45, 7) is -0.144. The van der Waals surface area contributed by atoms with E-state index in [1.54, 1.807) is 0 Å². The Morgan fingerprint density at radius 3 is 2.29 bits per heavy atom. The van der Waals surface area contributed by atoms with Crippen LogP contribution in [0.2, 0.25) is 0 Å². The van der Waals surface area contributed by atoms with Gasteiger partial charge in [0.05, 0.1) is 6.54 Å². The first-order valence-corrected chi connectivity index (χ1v) is 5.67. The van der Waals surface area contributed by atoms with Crippen molar-refractivity contribution in [2.45, 2.75) is 18.6 Å². The van der Waals surface area contributed by atoms with Crippen molar-refractivity contribution in [3.63, 3.8) is 0 Å². The lowest BCUT2D eigenvalue weighted by Crippen LogP contribution is -2.63. The quantitative estimate of drug-likeness (QED) is 0.819. The number of nitrogens with zero attached hydrogens (tertiary/aromatic N) is 3. The maximum Gasteiger partial charge on any atom is 0.422 e. The van der Waals surface area contributed by atoms with Gasteiger partial charge in [0, 0.05) is 19.4 Å². The highest BCUT2D eigenvalue weighted by Crippen LogP contribution is 2.30. The third-order valence-corrected chi connectivity index (χ3v) is 2.66. The second-order valence-corrected chi connectivity index (χ2v) is 4.38. The molecule has 0 aliphatic carbocycles. The first-order valence-electron chi connectivity index (χ1n) is 5.67. The molecular weight excluding hydrogens is 293 g/mol. The lowest BCUT2D eigenvalue weighted by atomic mass is 10.0. The predicted molar refractivity (Wildman–Crippen MR) is 65.5 cm³/mol. The lowest BCUT2D eigenvalue weighted by molar-refractivity contribution is -0.206. The molecule has 0 aromatic carbocycles. The molecule has 0 radical (unpaired) electrons. The summed E-state index contributed by atoms with van der Waals surface area (Å²) >= 11 is 0. The van der Waals surface area contributed by atoms with Crippen LogP contribution < -0.4 is 10.2 Å². The summed E-state index contributed by atoms with van der Waals surface area (Å²) in [4.78, 5) is 31.2. The van der Waals surface area contributed by atoms with Gasteiger partial charge in [0.2, 0.25) is 17.4 Å². The van der Waals surface area contributed by atoms with Gasteiger partial charge >= 0.3 is 12.1 Å². The van der Waals surface area contributed by atoms with Crippen molar-refractivity contribution in [3.8, 4) is 0 Å². The summed E-state index contributed by atoms with van der Waals surface area (Å²) in [5, 5.41) is 10.2. The van der Waals surface area contributed by atoms with Gasteiger partial charge in [0.25, 0.3) is 0 Å². The Morgan fingerprint density at radius 2 is 1.86 bits per heavy atom. The number of likely N-dealkylation sites (N-methyl/N-ethyl adjacent to an activating group) is 1. The van der Waals surface area contributed by atoms with Gasteiger partial charge in [-0.05, 0) is 13.0 Å². The minimum Gasteiger partial charge on any atom is -0.479 e. The number of hydrogen-bond donors (Lipinski definition) is 2. The van der Waals surface area contributed by atoms with Crippen LogP contribution in [0.4, 0.5) is 19.1 Å². The van der Waals surface area contributed by atoms with E-state index in [0.717, 1.165) is 0 Å². The number of carbonyl (C=O) groups excluding carboxylic acids is 1. The van der Waals surface area contributed by atoms with Gasteiger partial charge in [-0.1, -0.05) is 0 Å². The number of aromatic nitrogens is 2. The van der Waals surface area contributed by atoms with Crippen LogP contribution in [-0.2, 0) is 9.59 Å². The highest BCUT2D eigenvalue weighted by Gasteiger charge is 2.58. The molecule has 0 fully saturated rings. The maximum atomic E-state index is 12.7. The second kappa shape index (κ2) is 5.94. The molecule has 7 nitrogen and oxygen atoms in total. The number of rotatable bonds is 5. The molecule has 1 unspecified atom stereocenters. The van der Waals surface area contributed by atoms with Crippen LogP contribution in [0.25, 0.3) is 0 Å². The Kier molecular flexibility index (Phi) is 4.71. The summed E-state index contributed by atoms with van der Waals surface area (Å²) in [7, 11) is 1.39. The smallest absolute Gasteiger partial charge is 0.422 e. The number of carboxylic acids is 1. The minimum absolute atomic E-state index is 0.122. The van der Waals surface area contributed by atoms with E-state index >= 15 is 0 Å². The third-order valence-electron chi connectivity index (χ3n) is 2.66. The van der Waals surface area contributed by atoms with Gasteiger partial charge in [0.1, 0.15) is 0 Å². The standard InChI is InChI=1S/C11H13F3N4O3/c1-10(8(20)21,11(12,13)14)17-7(19)6-18(2)9-15-4-3-5-16-9/h3-5H,6H2,1-2H3,(H,17,19)(H,20,21). The number of halogens is 3. The number of nitrogens with one attached hydrogen (secondary N) is 1. The van der Waals surface area contributed by atoms with E-state index in [2.05, 4.69) is 9.97 Å². The molecule has 1 aromatic heterocycles. The summed E-state index contributed by atoms with van der Waals surface area (Å²) in [6, 6.07) is 1.53. The average Bonchev–Trinajstić information content (AvgIpc) is 2.37. The van der Waals surface area contributed by atoms with Gasteiger partial charge in [-0.2, -0.15) is 13.2 Å². The number of hydrogen-bond acceptors (Lipinski definition) is 5. The van der Waals surface area contributed by atoms with E-state index in [4.69, 9.17) is 5.11 Å². The van der Waals surface area contributed by atoms with Crippen molar-refractivity contribution in [3.05, 3.63) is 18.5 Å². The Balaban J connectivity index is 2.79. The van der Waals surface area contributed by atoms with Crippen LogP contribution in [0.15, 0.2) is 18.5 Å². The van der Waals surface area contributed by atoms with Crippen LogP contribution in [-0.4, -0.2) is 52.3 Å². The molecule has 1 aromatic rings. The zero-order valence-corrected chi connectivity index (χ0v) is 11.2. The Morgan fingerprint density at radius 1 is 1.33 bits per heavy atom. The van der Waals surface area contributed by atoms with Gasteiger partial charge in [-0.3, -0.25) is 4.79 Å². The topological polar surface area (TPSA) is 95.4 Å².